The first-order valence-electron chi connectivity index (χ1n) is 7.94. The van der Waals surface area contributed by atoms with E-state index in [9.17, 15) is 4.79 Å². The van der Waals surface area contributed by atoms with Crippen molar-refractivity contribution in [3.8, 4) is 0 Å². The van der Waals surface area contributed by atoms with Crippen molar-refractivity contribution < 1.29 is 4.79 Å². The van der Waals surface area contributed by atoms with E-state index in [2.05, 4.69) is 5.32 Å². The number of nitrogens with zero attached hydrogens (tertiary/aromatic N) is 1. The molecule has 1 fully saturated rings. The Hall–Kier alpha value is -1.92. The summed E-state index contributed by atoms with van der Waals surface area (Å²) >= 11 is 19.4. The zero-order valence-corrected chi connectivity index (χ0v) is 16.8. The molecule has 2 aromatic rings. The quantitative estimate of drug-likeness (QED) is 0.615. The molecular weight excluding hydrogens is 425 g/mol. The molecule has 2 aliphatic heterocycles. The van der Waals surface area contributed by atoms with Gasteiger partial charge in [-0.1, -0.05) is 58.7 Å². The molecule has 2 aliphatic rings. The maximum absolute atomic E-state index is 12.5. The number of hydrogen-bond donors (Lipinski definition) is 2. The molecular formula is C19H12Cl3N3OS. The molecule has 0 radical (unpaired) electrons. The number of amidine groups is 1. The summed E-state index contributed by atoms with van der Waals surface area (Å²) in [5.41, 5.74) is 3.08. The zero-order valence-electron chi connectivity index (χ0n) is 13.7. The van der Waals surface area contributed by atoms with E-state index in [0.29, 0.717) is 26.3 Å². The summed E-state index contributed by atoms with van der Waals surface area (Å²) in [5.74, 6) is -0.0395. The van der Waals surface area contributed by atoms with Crippen LogP contribution in [0.4, 0.5) is 5.69 Å². The third kappa shape index (κ3) is 3.48. The van der Waals surface area contributed by atoms with E-state index >= 15 is 0 Å². The van der Waals surface area contributed by atoms with Crippen LogP contribution in [-0.4, -0.2) is 11.7 Å². The van der Waals surface area contributed by atoms with Crippen molar-refractivity contribution in [2.75, 3.05) is 4.90 Å². The van der Waals surface area contributed by atoms with E-state index in [0.717, 1.165) is 16.3 Å². The van der Waals surface area contributed by atoms with Crippen molar-refractivity contribution in [2.45, 2.75) is 6.42 Å². The summed E-state index contributed by atoms with van der Waals surface area (Å²) in [6.45, 7) is 0. The molecule has 0 spiro atoms. The van der Waals surface area contributed by atoms with Crippen molar-refractivity contribution in [1.82, 2.24) is 5.32 Å². The van der Waals surface area contributed by atoms with Gasteiger partial charge in [0.1, 0.15) is 5.84 Å². The number of anilines is 1. The van der Waals surface area contributed by atoms with Crippen LogP contribution in [0.25, 0.3) is 5.70 Å². The molecule has 0 aliphatic carbocycles. The van der Waals surface area contributed by atoms with Gasteiger partial charge in [-0.3, -0.25) is 15.1 Å². The van der Waals surface area contributed by atoms with Gasteiger partial charge in [0.05, 0.1) is 32.9 Å². The van der Waals surface area contributed by atoms with Crippen LogP contribution in [0.2, 0.25) is 15.1 Å². The number of nitrogens with one attached hydrogen (secondary N) is 2. The minimum Gasteiger partial charge on any atom is -0.349 e. The SMILES string of the molecule is N=C1/C(=C2/NC(c3ccc(Cl)cc3)=CS2)CC(=O)N1c1ccc(Cl)c(Cl)c1. The number of benzene rings is 2. The summed E-state index contributed by atoms with van der Waals surface area (Å²) in [4.78, 5) is 13.9. The van der Waals surface area contributed by atoms with Crippen LogP contribution < -0.4 is 10.2 Å². The molecule has 136 valence electrons. The van der Waals surface area contributed by atoms with Crippen molar-refractivity contribution in [1.29, 1.82) is 5.41 Å². The minimum absolute atomic E-state index is 0.138. The molecule has 2 heterocycles. The summed E-state index contributed by atoms with van der Waals surface area (Å²) in [5, 5.41) is 16.0. The van der Waals surface area contributed by atoms with Crippen LogP contribution in [0.15, 0.2) is 58.5 Å². The molecule has 1 amide bonds. The van der Waals surface area contributed by atoms with Gasteiger partial charge in [-0.05, 0) is 35.9 Å². The Morgan fingerprint density at radius 2 is 1.78 bits per heavy atom. The lowest BCUT2D eigenvalue weighted by Crippen LogP contribution is -2.28. The van der Waals surface area contributed by atoms with Crippen LogP contribution in [0, 0.1) is 5.41 Å². The highest BCUT2D eigenvalue weighted by molar-refractivity contribution is 8.06. The lowest BCUT2D eigenvalue weighted by atomic mass is 10.1. The highest BCUT2D eigenvalue weighted by Crippen LogP contribution is 2.38. The fourth-order valence-corrected chi connectivity index (χ4v) is 4.20. The molecule has 0 unspecified atom stereocenters. The lowest BCUT2D eigenvalue weighted by Gasteiger charge is -2.17. The van der Waals surface area contributed by atoms with Crippen molar-refractivity contribution >= 4 is 69.7 Å². The number of rotatable bonds is 2. The van der Waals surface area contributed by atoms with Crippen molar-refractivity contribution in [3.05, 3.63) is 79.1 Å². The molecule has 8 heteroatoms. The van der Waals surface area contributed by atoms with E-state index in [1.807, 2.05) is 29.7 Å². The normalized spacial score (nSPS) is 19.5. The Morgan fingerprint density at radius 3 is 2.48 bits per heavy atom. The molecule has 2 N–H and O–H groups in total. The fraction of sp³-hybridized carbons (Fsp3) is 0.0526. The molecule has 0 saturated carbocycles. The van der Waals surface area contributed by atoms with Gasteiger partial charge >= 0.3 is 0 Å². The number of hydrogen-bond acceptors (Lipinski definition) is 4. The first-order chi connectivity index (χ1) is 12.9. The second-order valence-electron chi connectivity index (χ2n) is 5.94. The number of amides is 1. The monoisotopic (exact) mass is 435 g/mol. The molecule has 2 aromatic carbocycles. The third-order valence-corrected chi connectivity index (χ3v) is 6.15. The fourth-order valence-electron chi connectivity index (χ4n) is 2.87. The number of halogens is 3. The Bertz CT molecular complexity index is 1030. The van der Waals surface area contributed by atoms with Crippen LogP contribution in [-0.2, 0) is 4.79 Å². The highest BCUT2D eigenvalue weighted by atomic mass is 35.5. The average molecular weight is 437 g/mol. The average Bonchev–Trinajstić information content (AvgIpc) is 3.23. The largest absolute Gasteiger partial charge is 0.349 e. The molecule has 27 heavy (non-hydrogen) atoms. The van der Waals surface area contributed by atoms with Gasteiger partial charge < -0.3 is 5.32 Å². The molecule has 0 aromatic heterocycles. The van der Waals surface area contributed by atoms with E-state index in [1.165, 1.54) is 16.7 Å². The molecule has 1 saturated heterocycles. The Balaban J connectivity index is 1.60. The predicted molar refractivity (Wildman–Crippen MR) is 113 cm³/mol. The first-order valence-corrected chi connectivity index (χ1v) is 9.95. The summed E-state index contributed by atoms with van der Waals surface area (Å²) in [7, 11) is 0. The first kappa shape index (κ1) is 18.4. The van der Waals surface area contributed by atoms with E-state index in [1.54, 1.807) is 18.2 Å². The predicted octanol–water partition coefficient (Wildman–Crippen LogP) is 5.91. The molecule has 0 bridgehead atoms. The van der Waals surface area contributed by atoms with Crippen LogP contribution in [0.5, 0.6) is 0 Å². The van der Waals surface area contributed by atoms with E-state index in [4.69, 9.17) is 40.2 Å². The van der Waals surface area contributed by atoms with E-state index < -0.39 is 0 Å². The van der Waals surface area contributed by atoms with Gasteiger partial charge in [-0.25, -0.2) is 0 Å². The van der Waals surface area contributed by atoms with E-state index in [-0.39, 0.29) is 18.2 Å². The number of thioether (sulfide) groups is 1. The molecule has 4 nitrogen and oxygen atoms in total. The van der Waals surface area contributed by atoms with Crippen molar-refractivity contribution in [2.24, 2.45) is 0 Å². The summed E-state index contributed by atoms with van der Waals surface area (Å²) < 4.78 is 0. The van der Waals surface area contributed by atoms with Gasteiger partial charge in [-0.2, -0.15) is 0 Å². The second kappa shape index (κ2) is 7.24. The Labute approximate surface area is 175 Å². The Morgan fingerprint density at radius 1 is 1.04 bits per heavy atom. The standard InChI is InChI=1S/C19H12Cl3N3OS/c20-11-3-1-10(2-4-11)16-9-27-19(24-16)13-8-17(26)25(18(13)23)12-5-6-14(21)15(22)7-12/h1-7,9,23-24H,8H2/b19-13-,23-18?. The second-order valence-corrected chi connectivity index (χ2v) is 8.07. The van der Waals surface area contributed by atoms with Gasteiger partial charge in [0, 0.05) is 16.0 Å². The van der Waals surface area contributed by atoms with Gasteiger partial charge in [-0.15, -0.1) is 0 Å². The van der Waals surface area contributed by atoms with Gasteiger partial charge in [0.2, 0.25) is 5.91 Å². The number of carbonyl (C=O) groups is 1. The third-order valence-electron chi connectivity index (χ3n) is 4.22. The van der Waals surface area contributed by atoms with Crippen LogP contribution in [0.3, 0.4) is 0 Å². The minimum atomic E-state index is -0.178. The topological polar surface area (TPSA) is 56.2 Å². The van der Waals surface area contributed by atoms with Crippen LogP contribution in [0.1, 0.15) is 12.0 Å². The summed E-state index contributed by atoms with van der Waals surface area (Å²) in [6, 6.07) is 12.4. The van der Waals surface area contributed by atoms with Crippen LogP contribution >= 0.6 is 46.6 Å². The molecule has 4 rings (SSSR count). The number of carbonyl (C=O) groups excluding carboxylic acids is 1. The molecule has 0 atom stereocenters. The smallest absolute Gasteiger partial charge is 0.237 e. The van der Waals surface area contributed by atoms with Crippen molar-refractivity contribution in [3.63, 3.8) is 0 Å². The lowest BCUT2D eigenvalue weighted by molar-refractivity contribution is -0.116. The summed E-state index contributed by atoms with van der Waals surface area (Å²) in [6.07, 6.45) is 0.149. The maximum atomic E-state index is 12.5. The zero-order chi connectivity index (χ0) is 19.1. The van der Waals surface area contributed by atoms with Gasteiger partial charge in [0.25, 0.3) is 0 Å². The Kier molecular flexibility index (Phi) is 4.95. The highest BCUT2D eigenvalue weighted by Gasteiger charge is 2.35. The maximum Gasteiger partial charge on any atom is 0.237 e. The van der Waals surface area contributed by atoms with Gasteiger partial charge in [0.15, 0.2) is 0 Å².